The van der Waals surface area contributed by atoms with Gasteiger partial charge in [-0.3, -0.25) is 4.79 Å². The van der Waals surface area contributed by atoms with E-state index in [1.165, 1.54) is 28.4 Å². The summed E-state index contributed by atoms with van der Waals surface area (Å²) in [5, 5.41) is 0.629. The van der Waals surface area contributed by atoms with Gasteiger partial charge in [0.25, 0.3) is 5.91 Å². The molecule has 0 unspecified atom stereocenters. The van der Waals surface area contributed by atoms with Crippen molar-refractivity contribution in [1.82, 2.24) is 9.21 Å². The quantitative estimate of drug-likeness (QED) is 0.715. The van der Waals surface area contributed by atoms with Crippen LogP contribution in [0.5, 0.6) is 5.75 Å². The highest BCUT2D eigenvalue weighted by Crippen LogP contribution is 2.30. The Morgan fingerprint density at radius 2 is 1.79 bits per heavy atom. The Morgan fingerprint density at radius 1 is 1.14 bits per heavy atom. The first kappa shape index (κ1) is 20.6. The molecule has 0 aromatic heterocycles. The highest BCUT2D eigenvalue weighted by molar-refractivity contribution is 7.89. The summed E-state index contributed by atoms with van der Waals surface area (Å²) in [5.74, 6) is -0.0284. The molecule has 0 N–H and O–H groups in total. The van der Waals surface area contributed by atoms with Crippen molar-refractivity contribution in [3.8, 4) is 5.75 Å². The van der Waals surface area contributed by atoms with Crippen LogP contribution in [0.3, 0.4) is 0 Å². The average molecular weight is 423 g/mol. The van der Waals surface area contributed by atoms with Crippen molar-refractivity contribution in [1.29, 1.82) is 0 Å². The summed E-state index contributed by atoms with van der Waals surface area (Å²) in [6.07, 6.45) is 1.67. The Bertz CT molecular complexity index is 955. The van der Waals surface area contributed by atoms with Gasteiger partial charge in [-0.15, -0.1) is 0 Å². The Balaban J connectivity index is 1.87. The van der Waals surface area contributed by atoms with Crippen LogP contribution >= 0.6 is 11.6 Å². The topological polar surface area (TPSA) is 66.9 Å². The molecule has 3 rings (SSSR count). The minimum atomic E-state index is -3.70. The molecule has 2 aromatic carbocycles. The largest absolute Gasteiger partial charge is 0.495 e. The van der Waals surface area contributed by atoms with Gasteiger partial charge in [0.05, 0.1) is 7.11 Å². The Labute approximate surface area is 170 Å². The molecule has 1 saturated heterocycles. The number of hydrogen-bond acceptors (Lipinski definition) is 4. The minimum absolute atomic E-state index is 0.0302. The molecule has 0 bridgehead atoms. The molecule has 0 spiro atoms. The van der Waals surface area contributed by atoms with Crippen molar-refractivity contribution in [2.24, 2.45) is 0 Å². The summed E-state index contributed by atoms with van der Waals surface area (Å²) in [6, 6.07) is 11.8. The van der Waals surface area contributed by atoms with Crippen LogP contribution in [-0.4, -0.2) is 50.8 Å². The van der Waals surface area contributed by atoms with Crippen molar-refractivity contribution in [2.75, 3.05) is 27.2 Å². The predicted octanol–water partition coefficient (Wildman–Crippen LogP) is 3.41. The zero-order valence-corrected chi connectivity index (χ0v) is 17.5. The van der Waals surface area contributed by atoms with Crippen molar-refractivity contribution in [2.45, 2.75) is 24.3 Å². The van der Waals surface area contributed by atoms with E-state index in [9.17, 15) is 13.2 Å². The highest BCUT2D eigenvalue weighted by atomic mass is 35.5. The van der Waals surface area contributed by atoms with Crippen molar-refractivity contribution >= 4 is 27.5 Å². The van der Waals surface area contributed by atoms with Gasteiger partial charge < -0.3 is 9.64 Å². The second kappa shape index (κ2) is 8.51. The SMILES string of the molecule is COc1ccc(C(=O)N(C)Cc2ccc(Cl)cc2)cc1S(=O)(=O)N1CCCC1. The fraction of sp³-hybridized carbons (Fsp3) is 0.350. The Hall–Kier alpha value is -2.09. The molecule has 2 aromatic rings. The number of carbonyl (C=O) groups excluding carboxylic acids is 1. The third-order valence-electron chi connectivity index (χ3n) is 4.77. The number of benzene rings is 2. The maximum Gasteiger partial charge on any atom is 0.253 e. The van der Waals surface area contributed by atoms with Crippen LogP contribution in [0.4, 0.5) is 0 Å². The molecule has 1 heterocycles. The monoisotopic (exact) mass is 422 g/mol. The van der Waals surface area contributed by atoms with Crippen LogP contribution in [0.15, 0.2) is 47.4 Å². The second-order valence-corrected chi connectivity index (χ2v) is 9.11. The second-order valence-electron chi connectivity index (χ2n) is 6.76. The normalized spacial score (nSPS) is 14.8. The fourth-order valence-electron chi connectivity index (χ4n) is 3.23. The van der Waals surface area contributed by atoms with Crippen LogP contribution in [0.25, 0.3) is 0 Å². The number of halogens is 1. The van der Waals surface area contributed by atoms with Gasteiger partial charge >= 0.3 is 0 Å². The first-order chi connectivity index (χ1) is 13.3. The van der Waals surface area contributed by atoms with Crippen LogP contribution in [0.2, 0.25) is 5.02 Å². The zero-order valence-electron chi connectivity index (χ0n) is 15.9. The number of methoxy groups -OCH3 is 1. The number of carbonyl (C=O) groups is 1. The third kappa shape index (κ3) is 4.32. The summed E-state index contributed by atoms with van der Waals surface area (Å²) < 4.78 is 32.7. The predicted molar refractivity (Wildman–Crippen MR) is 108 cm³/mol. The van der Waals surface area contributed by atoms with E-state index in [0.717, 1.165) is 18.4 Å². The number of nitrogens with zero attached hydrogens (tertiary/aromatic N) is 2. The van der Waals surface area contributed by atoms with E-state index in [0.29, 0.717) is 30.2 Å². The molecular weight excluding hydrogens is 400 g/mol. The van der Waals surface area contributed by atoms with Gasteiger partial charge in [0.2, 0.25) is 10.0 Å². The molecule has 8 heteroatoms. The summed E-state index contributed by atoms with van der Waals surface area (Å²) in [6.45, 7) is 1.36. The van der Waals surface area contributed by atoms with Crippen LogP contribution < -0.4 is 4.74 Å². The van der Waals surface area contributed by atoms with Crippen LogP contribution in [-0.2, 0) is 16.6 Å². The third-order valence-corrected chi connectivity index (χ3v) is 6.94. The van der Waals surface area contributed by atoms with Gasteiger partial charge in [-0.2, -0.15) is 4.31 Å². The van der Waals surface area contributed by atoms with Gasteiger partial charge in [-0.1, -0.05) is 23.7 Å². The van der Waals surface area contributed by atoms with Gasteiger partial charge in [-0.25, -0.2) is 8.42 Å². The molecule has 1 aliphatic rings. The zero-order chi connectivity index (χ0) is 20.3. The first-order valence-electron chi connectivity index (χ1n) is 9.01. The van der Waals surface area contributed by atoms with Crippen molar-refractivity contribution in [3.63, 3.8) is 0 Å². The average Bonchev–Trinajstić information content (AvgIpc) is 3.24. The molecule has 150 valence electrons. The molecule has 0 aliphatic carbocycles. The molecule has 0 atom stereocenters. The number of rotatable bonds is 6. The molecule has 28 heavy (non-hydrogen) atoms. The van der Waals surface area contributed by atoms with Gasteiger partial charge in [0, 0.05) is 37.3 Å². The summed E-state index contributed by atoms with van der Waals surface area (Å²) in [5.41, 5.74) is 1.23. The van der Waals surface area contributed by atoms with E-state index in [2.05, 4.69) is 0 Å². The Kier molecular flexibility index (Phi) is 6.27. The Morgan fingerprint density at radius 3 is 2.39 bits per heavy atom. The standard InChI is InChI=1S/C20H23ClN2O4S/c1-22(14-15-5-8-17(21)9-6-15)20(24)16-7-10-18(27-2)19(13-16)28(25,26)23-11-3-4-12-23/h5-10,13H,3-4,11-12,14H2,1-2H3. The number of ether oxygens (including phenoxy) is 1. The van der Waals surface area contributed by atoms with Gasteiger partial charge in [0.15, 0.2) is 0 Å². The lowest BCUT2D eigenvalue weighted by molar-refractivity contribution is 0.0785. The van der Waals surface area contributed by atoms with Crippen molar-refractivity contribution < 1.29 is 17.9 Å². The molecule has 1 fully saturated rings. The van der Waals surface area contributed by atoms with Crippen LogP contribution in [0, 0.1) is 0 Å². The van der Waals surface area contributed by atoms with Crippen molar-refractivity contribution in [3.05, 3.63) is 58.6 Å². The summed E-state index contributed by atoms with van der Waals surface area (Å²) in [7, 11) is -0.604. The van der Waals surface area contributed by atoms with E-state index in [4.69, 9.17) is 16.3 Å². The minimum Gasteiger partial charge on any atom is -0.495 e. The van der Waals surface area contributed by atoms with E-state index in [1.807, 2.05) is 12.1 Å². The molecule has 0 radical (unpaired) electrons. The maximum atomic E-state index is 13.0. The maximum absolute atomic E-state index is 13.0. The number of sulfonamides is 1. The van der Waals surface area contributed by atoms with Crippen LogP contribution in [0.1, 0.15) is 28.8 Å². The molecule has 1 aliphatic heterocycles. The smallest absolute Gasteiger partial charge is 0.253 e. The summed E-state index contributed by atoms with van der Waals surface area (Å²) in [4.78, 5) is 14.4. The first-order valence-corrected chi connectivity index (χ1v) is 10.8. The molecule has 0 saturated carbocycles. The number of amides is 1. The van der Waals surface area contributed by atoms with Gasteiger partial charge in [0.1, 0.15) is 10.6 Å². The van der Waals surface area contributed by atoms with E-state index in [-0.39, 0.29) is 16.6 Å². The van der Waals surface area contributed by atoms with E-state index < -0.39 is 10.0 Å². The highest BCUT2D eigenvalue weighted by Gasteiger charge is 2.31. The lowest BCUT2D eigenvalue weighted by Crippen LogP contribution is -2.29. The molecule has 6 nitrogen and oxygen atoms in total. The number of hydrogen-bond donors (Lipinski definition) is 0. The molecule has 1 amide bonds. The van der Waals surface area contributed by atoms with E-state index >= 15 is 0 Å². The van der Waals surface area contributed by atoms with E-state index in [1.54, 1.807) is 25.2 Å². The lowest BCUT2D eigenvalue weighted by atomic mass is 10.1. The fourth-order valence-corrected chi connectivity index (χ4v) is 5.06. The lowest BCUT2D eigenvalue weighted by Gasteiger charge is -2.20. The molecular formula is C20H23ClN2O4S. The van der Waals surface area contributed by atoms with Gasteiger partial charge in [-0.05, 0) is 48.7 Å². The summed E-state index contributed by atoms with van der Waals surface area (Å²) >= 11 is 5.90.